The molecule has 0 saturated heterocycles. The summed E-state index contributed by atoms with van der Waals surface area (Å²) in [6.45, 7) is 29.9. The molecule has 3 aliphatic carbocycles. The lowest BCUT2D eigenvalue weighted by molar-refractivity contribution is 0.332. The van der Waals surface area contributed by atoms with Crippen LogP contribution in [-0.4, -0.2) is 16.0 Å². The molecule has 15 rings (SSSR count). The third-order valence-corrected chi connectivity index (χ3v) is 20.4. The number of hydrogen-bond donors (Lipinski definition) is 0. The van der Waals surface area contributed by atoms with Gasteiger partial charge in [-0.2, -0.15) is 0 Å². The normalized spacial score (nSPS) is 19.9. The number of aromatic nitrogens is 2. The molecule has 0 atom stereocenters. The van der Waals surface area contributed by atoms with E-state index in [2.05, 4.69) is 230 Å². The van der Waals surface area contributed by atoms with Gasteiger partial charge in [0.25, 0.3) is 0 Å². The fourth-order valence-corrected chi connectivity index (χ4v) is 15.6. The van der Waals surface area contributed by atoms with Gasteiger partial charge in [-0.3, -0.25) is 0 Å². The Labute approximate surface area is 438 Å². The van der Waals surface area contributed by atoms with Gasteiger partial charge in [0.15, 0.2) is 0 Å². The van der Waals surface area contributed by atoms with Gasteiger partial charge >= 0.3 is 6.85 Å². The van der Waals surface area contributed by atoms with E-state index in [0.717, 1.165) is 0 Å². The maximum absolute atomic E-state index is 2.87. The largest absolute Gasteiger partial charge is 0.376 e. The van der Waals surface area contributed by atoms with E-state index in [1.807, 2.05) is 0 Å². The number of para-hydroxylation sites is 2. The first-order valence-corrected chi connectivity index (χ1v) is 28.0. The zero-order chi connectivity index (χ0) is 51.0. The zero-order valence-corrected chi connectivity index (χ0v) is 45.9. The first-order chi connectivity index (χ1) is 35.2. The van der Waals surface area contributed by atoms with Crippen LogP contribution in [-0.2, 0) is 32.5 Å². The summed E-state index contributed by atoms with van der Waals surface area (Å²) in [6.07, 6.45) is 7.04. The number of anilines is 2. The van der Waals surface area contributed by atoms with Gasteiger partial charge in [-0.15, -0.1) is 0 Å². The Bertz CT molecular complexity index is 4110. The molecule has 10 aromatic rings. The van der Waals surface area contributed by atoms with E-state index in [-0.39, 0.29) is 39.3 Å². The van der Waals surface area contributed by atoms with Crippen LogP contribution >= 0.6 is 0 Å². The highest BCUT2D eigenvalue weighted by molar-refractivity contribution is 6.93. The monoisotopic (exact) mass is 964 g/mol. The van der Waals surface area contributed by atoms with Crippen LogP contribution in [0.2, 0.25) is 0 Å². The minimum Gasteiger partial charge on any atom is -0.376 e. The smallest absolute Gasteiger partial charge is 0.333 e. The van der Waals surface area contributed by atoms with Crippen LogP contribution in [0.4, 0.5) is 11.4 Å². The minimum absolute atomic E-state index is 0.0259. The Balaban J connectivity index is 1.19. The summed E-state index contributed by atoms with van der Waals surface area (Å²) in [5.41, 5.74) is 25.2. The molecule has 3 nitrogen and oxygen atoms in total. The Morgan fingerprint density at radius 3 is 1.45 bits per heavy atom. The van der Waals surface area contributed by atoms with Crippen LogP contribution < -0.4 is 15.7 Å². The standard InChI is InChI=1S/C70H70BN3/c1-65(2)27-28-66(3,4)50-35-43(25-26-49(50)65)74-59-39-53-51(67(5,6)29-31-69(53,9)10)36-46(59)47-37-61(72-56-23-17-15-21-44(56)45-22-16-18-24-57(45)72)62-48-33-41-19-13-14-20-42(41)34-58(48)73-60-40-54-52(68(7,8)30-32-70(54,11)12)38-55(60)71(74)63(47)64(62)73/h13-26,33-40H,27-32H2,1-12H3. The van der Waals surface area contributed by atoms with Crippen molar-refractivity contribution in [3.05, 3.63) is 167 Å². The molecule has 5 aliphatic rings. The summed E-state index contributed by atoms with van der Waals surface area (Å²) < 4.78 is 5.40. The van der Waals surface area contributed by atoms with Crippen molar-refractivity contribution in [3.8, 4) is 22.5 Å². The van der Waals surface area contributed by atoms with Gasteiger partial charge in [0.1, 0.15) is 0 Å². The fourth-order valence-electron chi connectivity index (χ4n) is 15.6. The van der Waals surface area contributed by atoms with E-state index in [1.165, 1.54) is 171 Å². The molecule has 0 N–H and O–H groups in total. The fraction of sp³-hybridized carbons (Fsp3) is 0.343. The van der Waals surface area contributed by atoms with Gasteiger partial charge in [0.05, 0.1) is 27.8 Å². The molecule has 4 heteroatoms. The topological polar surface area (TPSA) is 13.1 Å². The van der Waals surface area contributed by atoms with Crippen molar-refractivity contribution in [1.29, 1.82) is 0 Å². The van der Waals surface area contributed by atoms with Crippen LogP contribution in [0.3, 0.4) is 0 Å². The highest BCUT2D eigenvalue weighted by atomic mass is 15.1. The lowest BCUT2D eigenvalue weighted by Crippen LogP contribution is -2.61. The molecule has 0 bridgehead atoms. The molecule has 2 aliphatic heterocycles. The van der Waals surface area contributed by atoms with E-state index < -0.39 is 0 Å². The molecule has 0 amide bonds. The number of hydrogen-bond acceptors (Lipinski definition) is 1. The second-order valence-electron chi connectivity index (χ2n) is 27.7. The first-order valence-electron chi connectivity index (χ1n) is 28.0. The van der Waals surface area contributed by atoms with E-state index >= 15 is 0 Å². The molecular formula is C70H70BN3. The third kappa shape index (κ3) is 5.81. The lowest BCUT2D eigenvalue weighted by atomic mass is 9.43. The molecule has 0 fully saturated rings. The summed E-state index contributed by atoms with van der Waals surface area (Å²) in [7, 11) is 0. The Morgan fingerprint density at radius 1 is 0.365 bits per heavy atom. The molecule has 368 valence electrons. The molecular weight excluding hydrogens is 894 g/mol. The molecule has 8 aromatic carbocycles. The second-order valence-corrected chi connectivity index (χ2v) is 27.7. The highest BCUT2D eigenvalue weighted by Crippen LogP contribution is 2.56. The number of rotatable bonds is 2. The summed E-state index contributed by atoms with van der Waals surface area (Å²) in [6, 6.07) is 53.6. The van der Waals surface area contributed by atoms with Crippen LogP contribution in [0.5, 0.6) is 0 Å². The number of fused-ring (bicyclic) bond motifs is 15. The maximum Gasteiger partial charge on any atom is 0.333 e. The molecule has 0 saturated carbocycles. The van der Waals surface area contributed by atoms with E-state index in [0.29, 0.717) is 0 Å². The van der Waals surface area contributed by atoms with E-state index in [1.54, 1.807) is 0 Å². The summed E-state index contributed by atoms with van der Waals surface area (Å²) in [5.74, 6) is 0. The Kier molecular flexibility index (Phi) is 8.65. The van der Waals surface area contributed by atoms with Crippen molar-refractivity contribution in [2.75, 3.05) is 4.81 Å². The van der Waals surface area contributed by atoms with Gasteiger partial charge < -0.3 is 13.9 Å². The van der Waals surface area contributed by atoms with Crippen molar-refractivity contribution in [2.24, 2.45) is 0 Å². The number of benzene rings is 8. The predicted molar refractivity (Wildman–Crippen MR) is 318 cm³/mol. The summed E-state index contributed by atoms with van der Waals surface area (Å²) >= 11 is 0. The second kappa shape index (κ2) is 14.2. The zero-order valence-electron chi connectivity index (χ0n) is 45.9. The van der Waals surface area contributed by atoms with Gasteiger partial charge in [-0.05, 0) is 192 Å². The third-order valence-electron chi connectivity index (χ3n) is 20.4. The average molecular weight is 964 g/mol. The number of nitrogens with zero attached hydrogens (tertiary/aromatic N) is 3. The molecule has 0 radical (unpaired) electrons. The van der Waals surface area contributed by atoms with Crippen molar-refractivity contribution >= 4 is 83.5 Å². The van der Waals surface area contributed by atoms with E-state index in [4.69, 9.17) is 0 Å². The van der Waals surface area contributed by atoms with E-state index in [9.17, 15) is 0 Å². The van der Waals surface area contributed by atoms with Crippen molar-refractivity contribution < 1.29 is 0 Å². The summed E-state index contributed by atoms with van der Waals surface area (Å²) in [4.78, 5) is 2.87. The van der Waals surface area contributed by atoms with Gasteiger partial charge in [0.2, 0.25) is 0 Å². The summed E-state index contributed by atoms with van der Waals surface area (Å²) in [5, 5.41) is 7.77. The van der Waals surface area contributed by atoms with Gasteiger partial charge in [-0.1, -0.05) is 156 Å². The van der Waals surface area contributed by atoms with Gasteiger partial charge in [-0.25, -0.2) is 0 Å². The lowest BCUT2D eigenvalue weighted by Gasteiger charge is -2.48. The van der Waals surface area contributed by atoms with Crippen LogP contribution in [0.1, 0.15) is 155 Å². The van der Waals surface area contributed by atoms with Crippen molar-refractivity contribution in [3.63, 3.8) is 0 Å². The van der Waals surface area contributed by atoms with Crippen LogP contribution in [0.25, 0.3) is 76.9 Å². The Hall–Kier alpha value is -6.52. The predicted octanol–water partition coefficient (Wildman–Crippen LogP) is 17.3. The first kappa shape index (κ1) is 44.9. The molecule has 0 unspecified atom stereocenters. The minimum atomic E-state index is -0.0879. The maximum atomic E-state index is 2.87. The molecule has 2 aromatic heterocycles. The Morgan fingerprint density at radius 2 is 0.851 bits per heavy atom. The molecule has 0 spiro atoms. The van der Waals surface area contributed by atoms with Gasteiger partial charge in [0, 0.05) is 44.2 Å². The SMILES string of the molecule is CC1(C)CCC(C)(C)c2cc(N3B4c5cc6c(cc5-n5c7cc8ccccc8cc7c7c(-n8c9ccccc9c9ccccc98)cc(c4c75)-c4cc5c(cc43)C(C)(C)CCC5(C)C)C(C)(C)CCC6(C)C)ccc21. The quantitative estimate of drug-likeness (QED) is 0.157. The average Bonchev–Trinajstić information content (AvgIpc) is 3.93. The highest BCUT2D eigenvalue weighted by Gasteiger charge is 2.50. The van der Waals surface area contributed by atoms with Crippen LogP contribution in [0.15, 0.2) is 133 Å². The molecule has 74 heavy (non-hydrogen) atoms. The van der Waals surface area contributed by atoms with Crippen LogP contribution in [0, 0.1) is 0 Å². The van der Waals surface area contributed by atoms with Crippen molar-refractivity contribution in [2.45, 2.75) is 154 Å². The molecule has 4 heterocycles. The van der Waals surface area contributed by atoms with Crippen molar-refractivity contribution in [1.82, 2.24) is 9.13 Å².